The number of aliphatic hydroxyl groups excluding tert-OH is 1. The van der Waals surface area contributed by atoms with E-state index >= 15 is 0 Å². The number of benzene rings is 2. The van der Waals surface area contributed by atoms with Gasteiger partial charge in [-0.15, -0.1) is 0 Å². The predicted molar refractivity (Wildman–Crippen MR) is 146 cm³/mol. The summed E-state index contributed by atoms with van der Waals surface area (Å²) in [4.78, 5) is 30.3. The molecule has 1 atom stereocenters. The smallest absolute Gasteiger partial charge is 0.295 e. The van der Waals surface area contributed by atoms with Crippen LogP contribution in [-0.2, 0) is 9.59 Å². The van der Waals surface area contributed by atoms with Crippen LogP contribution in [0.25, 0.3) is 5.76 Å². The molecule has 2 aromatic carbocycles. The number of unbranched alkanes of at least 4 members (excludes halogenated alkanes) is 1. The lowest BCUT2D eigenvalue weighted by Crippen LogP contribution is -2.38. The molecular weight excluding hydrogens is 468 g/mol. The van der Waals surface area contributed by atoms with Crippen molar-refractivity contribution in [2.75, 3.05) is 39.4 Å². The highest BCUT2D eigenvalue weighted by Crippen LogP contribution is 2.40. The number of Topliss-reactive ketones (excluding diaryl/α,β-unsaturated/α-hetero) is 1. The molecule has 0 radical (unpaired) electrons. The van der Waals surface area contributed by atoms with Crippen LogP contribution < -0.4 is 9.47 Å². The van der Waals surface area contributed by atoms with Crippen molar-refractivity contribution in [3.8, 4) is 11.5 Å². The highest BCUT2D eigenvalue weighted by molar-refractivity contribution is 6.46. The number of rotatable bonds is 14. The van der Waals surface area contributed by atoms with Gasteiger partial charge in [0.2, 0.25) is 0 Å². The lowest BCUT2D eigenvalue weighted by molar-refractivity contribution is -0.140. The van der Waals surface area contributed by atoms with E-state index in [1.54, 1.807) is 29.2 Å². The molecule has 200 valence electrons. The Morgan fingerprint density at radius 3 is 2.03 bits per heavy atom. The van der Waals surface area contributed by atoms with Gasteiger partial charge in [-0.3, -0.25) is 9.59 Å². The topological polar surface area (TPSA) is 79.3 Å². The monoisotopic (exact) mass is 508 g/mol. The largest absolute Gasteiger partial charge is 0.507 e. The molecule has 37 heavy (non-hydrogen) atoms. The van der Waals surface area contributed by atoms with Gasteiger partial charge in [0.1, 0.15) is 17.3 Å². The van der Waals surface area contributed by atoms with Crippen LogP contribution in [0.15, 0.2) is 54.1 Å². The molecule has 1 N–H and O–H groups in total. The van der Waals surface area contributed by atoms with Crippen LogP contribution in [0, 0.1) is 0 Å². The summed E-state index contributed by atoms with van der Waals surface area (Å²) < 4.78 is 11.4. The van der Waals surface area contributed by atoms with Gasteiger partial charge in [0.05, 0.1) is 24.8 Å². The van der Waals surface area contributed by atoms with E-state index in [-0.39, 0.29) is 11.3 Å². The van der Waals surface area contributed by atoms with Gasteiger partial charge >= 0.3 is 0 Å². The fourth-order valence-corrected chi connectivity index (χ4v) is 4.41. The first-order chi connectivity index (χ1) is 17.9. The summed E-state index contributed by atoms with van der Waals surface area (Å²) in [6, 6.07) is 13.7. The Bertz CT molecular complexity index is 1060. The molecule has 2 aromatic rings. The lowest BCUT2D eigenvalue weighted by atomic mass is 9.95. The van der Waals surface area contributed by atoms with Crippen molar-refractivity contribution in [2.45, 2.75) is 53.0 Å². The first-order valence-electron chi connectivity index (χ1n) is 13.4. The van der Waals surface area contributed by atoms with Crippen LogP contribution in [0.1, 0.15) is 64.1 Å². The van der Waals surface area contributed by atoms with E-state index in [0.717, 1.165) is 43.7 Å². The fraction of sp³-hybridized carbons (Fsp3) is 0.467. The molecule has 7 heteroatoms. The third-order valence-corrected chi connectivity index (χ3v) is 6.65. The van der Waals surface area contributed by atoms with Gasteiger partial charge in [-0.2, -0.15) is 0 Å². The van der Waals surface area contributed by atoms with Gasteiger partial charge in [-0.05, 0) is 67.9 Å². The van der Waals surface area contributed by atoms with Crippen molar-refractivity contribution in [2.24, 2.45) is 0 Å². The van der Waals surface area contributed by atoms with Crippen molar-refractivity contribution >= 4 is 17.4 Å². The first-order valence-corrected chi connectivity index (χ1v) is 13.4. The Balaban J connectivity index is 1.98. The van der Waals surface area contributed by atoms with Gasteiger partial charge in [-0.1, -0.05) is 46.2 Å². The van der Waals surface area contributed by atoms with Crippen LogP contribution in [0.4, 0.5) is 0 Å². The highest BCUT2D eigenvalue weighted by Gasteiger charge is 2.46. The number of ketones is 1. The molecule has 1 amide bonds. The lowest BCUT2D eigenvalue weighted by Gasteiger charge is -2.28. The van der Waals surface area contributed by atoms with Crippen LogP contribution in [0.3, 0.4) is 0 Å². The van der Waals surface area contributed by atoms with Gasteiger partial charge in [0, 0.05) is 18.7 Å². The molecule has 3 rings (SSSR count). The average molecular weight is 509 g/mol. The maximum Gasteiger partial charge on any atom is 0.295 e. The normalized spacial score (nSPS) is 17.0. The van der Waals surface area contributed by atoms with Gasteiger partial charge in [-0.25, -0.2) is 0 Å². The van der Waals surface area contributed by atoms with Crippen LogP contribution >= 0.6 is 0 Å². The van der Waals surface area contributed by atoms with Crippen molar-refractivity contribution < 1.29 is 24.2 Å². The summed E-state index contributed by atoms with van der Waals surface area (Å²) in [5, 5.41) is 11.3. The molecule has 0 aliphatic carbocycles. The molecule has 0 bridgehead atoms. The Kier molecular flexibility index (Phi) is 10.6. The summed E-state index contributed by atoms with van der Waals surface area (Å²) in [5.74, 6) is -0.0190. The number of amides is 1. The number of hydrogen-bond donors (Lipinski definition) is 1. The third kappa shape index (κ3) is 6.92. The van der Waals surface area contributed by atoms with Crippen molar-refractivity contribution in [3.05, 3.63) is 65.2 Å². The van der Waals surface area contributed by atoms with Gasteiger partial charge in [0.25, 0.3) is 11.7 Å². The Labute approximate surface area is 220 Å². The minimum Gasteiger partial charge on any atom is -0.507 e. The fourth-order valence-electron chi connectivity index (χ4n) is 4.41. The van der Waals surface area contributed by atoms with Crippen molar-refractivity contribution in [3.63, 3.8) is 0 Å². The second-order valence-electron chi connectivity index (χ2n) is 9.16. The summed E-state index contributed by atoms with van der Waals surface area (Å²) in [5.41, 5.74) is 1.33. The van der Waals surface area contributed by atoms with E-state index in [9.17, 15) is 14.7 Å². The SMILES string of the molecule is CCCCOc1ccc(/C(O)=C2\C(=O)C(=O)N(CCN(CC)CC)C2c2ccc(OCCC)cc2)cc1. The molecule has 1 unspecified atom stereocenters. The zero-order chi connectivity index (χ0) is 26.8. The van der Waals surface area contributed by atoms with Crippen LogP contribution in [0.5, 0.6) is 11.5 Å². The van der Waals surface area contributed by atoms with E-state index in [0.29, 0.717) is 37.6 Å². The molecular formula is C30H40N2O5. The van der Waals surface area contributed by atoms with Gasteiger partial charge in [0.15, 0.2) is 0 Å². The summed E-state index contributed by atoms with van der Waals surface area (Å²) in [6.07, 6.45) is 2.90. The zero-order valence-electron chi connectivity index (χ0n) is 22.5. The number of hydrogen-bond acceptors (Lipinski definition) is 6. The molecule has 1 heterocycles. The van der Waals surface area contributed by atoms with E-state index in [4.69, 9.17) is 9.47 Å². The molecule has 0 saturated carbocycles. The second-order valence-corrected chi connectivity index (χ2v) is 9.16. The number of likely N-dealkylation sites (N-methyl/N-ethyl adjacent to an activating group) is 1. The number of carbonyl (C=O) groups is 2. The van der Waals surface area contributed by atoms with E-state index in [2.05, 4.69) is 25.7 Å². The van der Waals surface area contributed by atoms with E-state index < -0.39 is 17.7 Å². The number of nitrogens with zero attached hydrogens (tertiary/aromatic N) is 2. The highest BCUT2D eigenvalue weighted by atomic mass is 16.5. The van der Waals surface area contributed by atoms with Crippen molar-refractivity contribution in [1.82, 2.24) is 9.80 Å². The molecule has 1 saturated heterocycles. The maximum atomic E-state index is 13.3. The Morgan fingerprint density at radius 2 is 1.46 bits per heavy atom. The molecule has 7 nitrogen and oxygen atoms in total. The predicted octanol–water partition coefficient (Wildman–Crippen LogP) is 5.42. The van der Waals surface area contributed by atoms with E-state index in [1.165, 1.54) is 0 Å². The zero-order valence-corrected chi connectivity index (χ0v) is 22.5. The number of ether oxygens (including phenoxy) is 2. The standard InChI is InChI=1S/C30H40N2O5/c1-5-9-21-37-25-16-12-23(13-17-25)28(33)26-27(22-10-14-24(15-11-22)36-20-6-2)32(30(35)29(26)34)19-18-31(7-3)8-4/h10-17,27,33H,5-9,18-21H2,1-4H3/b28-26+. The van der Waals surface area contributed by atoms with Gasteiger partial charge < -0.3 is 24.4 Å². The summed E-state index contributed by atoms with van der Waals surface area (Å²) in [6.45, 7) is 12.2. The Morgan fingerprint density at radius 1 is 0.865 bits per heavy atom. The molecule has 0 aromatic heterocycles. The quantitative estimate of drug-likeness (QED) is 0.159. The average Bonchev–Trinajstić information content (AvgIpc) is 3.18. The summed E-state index contributed by atoms with van der Waals surface area (Å²) in [7, 11) is 0. The molecule has 0 spiro atoms. The van der Waals surface area contributed by atoms with E-state index in [1.807, 2.05) is 31.2 Å². The third-order valence-electron chi connectivity index (χ3n) is 6.65. The number of likely N-dealkylation sites (tertiary alicyclic amines) is 1. The Hall–Kier alpha value is -3.32. The number of aliphatic hydroxyl groups is 1. The molecule has 1 aliphatic rings. The first kappa shape index (κ1) is 28.3. The summed E-state index contributed by atoms with van der Waals surface area (Å²) >= 11 is 0. The van der Waals surface area contributed by atoms with Crippen LogP contribution in [-0.4, -0.2) is 66.0 Å². The molecule has 1 fully saturated rings. The second kappa shape index (κ2) is 13.8. The minimum absolute atomic E-state index is 0.103. The molecule has 1 aliphatic heterocycles. The maximum absolute atomic E-state index is 13.3. The van der Waals surface area contributed by atoms with Crippen molar-refractivity contribution in [1.29, 1.82) is 0 Å². The van der Waals surface area contributed by atoms with Crippen LogP contribution in [0.2, 0.25) is 0 Å². The number of carbonyl (C=O) groups excluding carboxylic acids is 2. The minimum atomic E-state index is -0.684.